The Morgan fingerprint density at radius 2 is 1.76 bits per heavy atom. The number of sulfonamides is 1. The second-order valence-electron chi connectivity index (χ2n) is 14.4. The van der Waals surface area contributed by atoms with Crippen LogP contribution in [0.5, 0.6) is 17.2 Å². The Bertz CT molecular complexity index is 2130. The summed E-state index contributed by atoms with van der Waals surface area (Å²) < 4.78 is 56.4. The molecule has 1 aliphatic carbocycles. The molecule has 0 radical (unpaired) electrons. The zero-order valence-corrected chi connectivity index (χ0v) is 31.9. The molecule has 3 heterocycles. The van der Waals surface area contributed by atoms with Crippen LogP contribution in [0.2, 0.25) is 5.02 Å². The maximum atomic E-state index is 13.5. The molecule has 284 valence electrons. The predicted molar refractivity (Wildman–Crippen MR) is 206 cm³/mol. The Morgan fingerprint density at radius 3 is 2.54 bits per heavy atom. The summed E-state index contributed by atoms with van der Waals surface area (Å²) >= 11 is 6.88. The number of halogens is 2. The van der Waals surface area contributed by atoms with Crippen molar-refractivity contribution < 1.29 is 27.0 Å². The van der Waals surface area contributed by atoms with Gasteiger partial charge in [0, 0.05) is 68.9 Å². The summed E-state index contributed by atoms with van der Waals surface area (Å²) in [7, 11) is -3.61. The van der Waals surface area contributed by atoms with E-state index in [0.717, 1.165) is 78.0 Å². The van der Waals surface area contributed by atoms with Crippen molar-refractivity contribution in [3.63, 3.8) is 0 Å². The molecule has 7 rings (SSSR count). The van der Waals surface area contributed by atoms with Crippen LogP contribution >= 0.6 is 11.6 Å². The molecule has 0 amide bonds. The highest BCUT2D eigenvalue weighted by Gasteiger charge is 2.36. The summed E-state index contributed by atoms with van der Waals surface area (Å²) in [5.41, 5.74) is 7.64. The van der Waals surface area contributed by atoms with Gasteiger partial charge in [0.05, 0.1) is 17.2 Å². The van der Waals surface area contributed by atoms with E-state index in [1.54, 1.807) is 18.3 Å². The number of nitrogens with two attached hydrogens (primary N) is 1. The summed E-state index contributed by atoms with van der Waals surface area (Å²) in [6.45, 7) is 6.45. The van der Waals surface area contributed by atoms with Crippen LogP contribution in [0, 0.1) is 18.3 Å². The highest BCUT2D eigenvalue weighted by Crippen LogP contribution is 2.44. The number of ether oxygens (including phenoxy) is 3. The number of nitriles is 1. The van der Waals surface area contributed by atoms with Gasteiger partial charge in [0.25, 0.3) is 0 Å². The molecule has 54 heavy (non-hydrogen) atoms. The summed E-state index contributed by atoms with van der Waals surface area (Å²) in [6.07, 6.45) is 5.97. The summed E-state index contributed by atoms with van der Waals surface area (Å²) in [4.78, 5) is 8.44. The largest absolute Gasteiger partial charge is 0.493 e. The summed E-state index contributed by atoms with van der Waals surface area (Å²) in [5.74, 6) is 1.89. The number of benzene rings is 3. The van der Waals surface area contributed by atoms with Crippen molar-refractivity contribution in [3.05, 3.63) is 105 Å². The minimum Gasteiger partial charge on any atom is -0.493 e. The van der Waals surface area contributed by atoms with Gasteiger partial charge in [-0.3, -0.25) is 9.88 Å². The average molecular weight is 774 g/mol. The lowest BCUT2D eigenvalue weighted by Gasteiger charge is -2.37. The van der Waals surface area contributed by atoms with Gasteiger partial charge in [-0.15, -0.1) is 0 Å². The number of fused-ring (bicyclic) bond motifs is 1. The number of pyridine rings is 1. The van der Waals surface area contributed by atoms with E-state index in [-0.39, 0.29) is 12.7 Å². The lowest BCUT2D eigenvalue weighted by Crippen LogP contribution is -2.55. The van der Waals surface area contributed by atoms with Crippen LogP contribution in [0.25, 0.3) is 11.1 Å². The zero-order valence-electron chi connectivity index (χ0n) is 30.3. The zero-order chi connectivity index (χ0) is 37.8. The maximum absolute atomic E-state index is 13.5. The van der Waals surface area contributed by atoms with Crippen LogP contribution in [0.15, 0.2) is 67.0 Å². The van der Waals surface area contributed by atoms with Crippen LogP contribution in [0.1, 0.15) is 65.2 Å². The SMILES string of the molecule is Cc1c(OCCCN2CCC(F)CC2)cccc1-c1cccc2c1CC[C@@H]2Oc1cc(OCc2cncc(C#N)c2)c(CN2CC(S(N)(=O)=O)C2)cc1Cl. The molecule has 2 aliphatic heterocycles. The normalized spacial score (nSPS) is 18.2. The molecule has 0 spiro atoms. The minimum atomic E-state index is -3.61. The van der Waals surface area contributed by atoms with Crippen LogP contribution in [0.4, 0.5) is 4.39 Å². The van der Waals surface area contributed by atoms with Gasteiger partial charge in [-0.25, -0.2) is 17.9 Å². The Balaban J connectivity index is 1.07. The number of hydrogen-bond donors (Lipinski definition) is 1. The van der Waals surface area contributed by atoms with Crippen LogP contribution in [0.3, 0.4) is 0 Å². The lowest BCUT2D eigenvalue weighted by atomic mass is 9.93. The first-order chi connectivity index (χ1) is 26.1. The first-order valence-electron chi connectivity index (χ1n) is 18.5. The number of alkyl halides is 1. The van der Waals surface area contributed by atoms with Crippen molar-refractivity contribution in [2.24, 2.45) is 5.14 Å². The van der Waals surface area contributed by atoms with Crippen molar-refractivity contribution >= 4 is 21.6 Å². The molecule has 13 heteroatoms. The maximum Gasteiger partial charge on any atom is 0.214 e. The topological polar surface area (TPSA) is 131 Å². The Labute approximate surface area is 321 Å². The van der Waals surface area contributed by atoms with Crippen molar-refractivity contribution in [2.45, 2.75) is 69.7 Å². The van der Waals surface area contributed by atoms with E-state index in [4.69, 9.17) is 31.0 Å². The van der Waals surface area contributed by atoms with E-state index in [9.17, 15) is 18.1 Å². The fourth-order valence-corrected chi connectivity index (χ4v) is 8.68. The van der Waals surface area contributed by atoms with Crippen molar-refractivity contribution in [1.29, 1.82) is 5.26 Å². The molecule has 2 saturated heterocycles. The van der Waals surface area contributed by atoms with Gasteiger partial charge in [0.2, 0.25) is 10.0 Å². The van der Waals surface area contributed by atoms with Crippen LogP contribution in [-0.4, -0.2) is 74.0 Å². The van der Waals surface area contributed by atoms with Gasteiger partial charge in [-0.2, -0.15) is 5.26 Å². The number of hydrogen-bond acceptors (Lipinski definition) is 9. The summed E-state index contributed by atoms with van der Waals surface area (Å²) in [5, 5.41) is 14.5. The van der Waals surface area contributed by atoms with Crippen LogP contribution in [-0.2, 0) is 29.6 Å². The molecule has 0 saturated carbocycles. The van der Waals surface area contributed by atoms with Crippen molar-refractivity contribution in [3.8, 4) is 34.4 Å². The van der Waals surface area contributed by atoms with Gasteiger partial charge >= 0.3 is 0 Å². The van der Waals surface area contributed by atoms with E-state index in [2.05, 4.69) is 47.1 Å². The third-order valence-corrected chi connectivity index (χ3v) is 12.2. The van der Waals surface area contributed by atoms with E-state index in [0.29, 0.717) is 61.2 Å². The average Bonchev–Trinajstić information content (AvgIpc) is 3.55. The van der Waals surface area contributed by atoms with Gasteiger partial charge in [-0.05, 0) is 85.0 Å². The molecule has 3 aliphatic rings. The fraction of sp³-hybridized carbons (Fsp3) is 0.415. The Kier molecular flexibility index (Phi) is 11.7. The molecule has 3 aromatic carbocycles. The molecular weight excluding hydrogens is 729 g/mol. The van der Waals surface area contributed by atoms with E-state index >= 15 is 0 Å². The number of aromatic nitrogens is 1. The van der Waals surface area contributed by atoms with Gasteiger partial charge in [0.1, 0.15) is 47.5 Å². The number of piperidine rings is 1. The molecule has 2 fully saturated rings. The minimum absolute atomic E-state index is 0.160. The van der Waals surface area contributed by atoms with Gasteiger partial charge in [-0.1, -0.05) is 41.9 Å². The molecule has 1 aromatic heterocycles. The Hall–Kier alpha value is -4.25. The smallest absolute Gasteiger partial charge is 0.214 e. The molecule has 4 aromatic rings. The molecule has 0 bridgehead atoms. The van der Waals surface area contributed by atoms with Crippen molar-refractivity contribution in [1.82, 2.24) is 14.8 Å². The van der Waals surface area contributed by atoms with Gasteiger partial charge in [0.15, 0.2) is 0 Å². The first kappa shape index (κ1) is 38.0. The number of nitrogens with zero attached hydrogens (tertiary/aromatic N) is 4. The van der Waals surface area contributed by atoms with E-state index < -0.39 is 21.4 Å². The van der Waals surface area contributed by atoms with E-state index in [1.165, 1.54) is 11.8 Å². The molecule has 0 unspecified atom stereocenters. The third kappa shape index (κ3) is 8.82. The lowest BCUT2D eigenvalue weighted by molar-refractivity contribution is 0.143. The fourth-order valence-electron chi connectivity index (χ4n) is 7.62. The third-order valence-electron chi connectivity index (χ3n) is 10.7. The summed E-state index contributed by atoms with van der Waals surface area (Å²) in [6, 6.07) is 20.0. The standard InChI is InChI=1S/C41H45ClFN5O5S/c1-27-33(5-3-8-38(27)51-16-4-13-47-14-11-31(43)12-15-47)34-6-2-7-36-35(34)9-10-39(36)53-41-19-40(52-26-29-17-28(20-44)21-46-22-29)30(18-37(41)42)23-48-24-32(25-48)54(45,49)50/h2-3,5-8,17-19,21-22,31-32,39H,4,9-16,23-26H2,1H3,(H2,45,49,50)/t39-/m0/s1. The highest BCUT2D eigenvalue weighted by molar-refractivity contribution is 7.89. The monoisotopic (exact) mass is 773 g/mol. The number of likely N-dealkylation sites (tertiary alicyclic amines) is 2. The predicted octanol–water partition coefficient (Wildman–Crippen LogP) is 6.90. The molecule has 1 atom stereocenters. The van der Waals surface area contributed by atoms with Crippen LogP contribution < -0.4 is 19.3 Å². The van der Waals surface area contributed by atoms with Gasteiger partial charge < -0.3 is 19.1 Å². The number of primary sulfonamides is 1. The Morgan fingerprint density at radius 1 is 0.981 bits per heavy atom. The first-order valence-corrected chi connectivity index (χ1v) is 20.5. The van der Waals surface area contributed by atoms with Crippen molar-refractivity contribution in [2.75, 3.05) is 39.3 Å². The molecule has 10 nitrogen and oxygen atoms in total. The van der Waals surface area contributed by atoms with E-state index in [1.807, 2.05) is 23.1 Å². The highest BCUT2D eigenvalue weighted by atomic mass is 35.5. The number of rotatable bonds is 14. The second-order valence-corrected chi connectivity index (χ2v) is 16.7. The second kappa shape index (κ2) is 16.6. The molecular formula is C41H45ClFN5O5S. The quantitative estimate of drug-likeness (QED) is 0.136. The molecule has 2 N–H and O–H groups in total.